The minimum Gasteiger partial charge on any atom is -0.391 e. The zero-order valence-corrected chi connectivity index (χ0v) is 7.16. The fraction of sp³-hybridized carbons (Fsp3) is 0.667. The van der Waals surface area contributed by atoms with E-state index in [0.717, 1.165) is 6.42 Å². The van der Waals surface area contributed by atoms with Crippen molar-refractivity contribution >= 4 is 12.4 Å². The van der Waals surface area contributed by atoms with Crippen molar-refractivity contribution in [2.24, 2.45) is 0 Å². The summed E-state index contributed by atoms with van der Waals surface area (Å²) in [4.78, 5) is 0. The van der Waals surface area contributed by atoms with E-state index >= 15 is 0 Å². The van der Waals surface area contributed by atoms with Crippen molar-refractivity contribution in [3.8, 4) is 0 Å². The van der Waals surface area contributed by atoms with Crippen LogP contribution in [0.4, 0.5) is 0 Å². The molecule has 0 aromatic carbocycles. The van der Waals surface area contributed by atoms with Crippen molar-refractivity contribution in [3.63, 3.8) is 0 Å². The third kappa shape index (κ3) is 3.34. The van der Waals surface area contributed by atoms with Gasteiger partial charge >= 0.3 is 0 Å². The summed E-state index contributed by atoms with van der Waals surface area (Å²) in [6, 6.07) is 0. The molecular formula is C6H12ClN3O. The smallest absolute Gasteiger partial charge is 0.0734 e. The second-order valence-electron chi connectivity index (χ2n) is 2.19. The van der Waals surface area contributed by atoms with Gasteiger partial charge in [-0.2, -0.15) is 0 Å². The van der Waals surface area contributed by atoms with Gasteiger partial charge in [0.1, 0.15) is 0 Å². The largest absolute Gasteiger partial charge is 0.391 e. The molecule has 0 saturated carbocycles. The molecule has 0 radical (unpaired) electrons. The topological polar surface area (TPSA) is 50.9 Å². The lowest BCUT2D eigenvalue weighted by Crippen LogP contribution is -2.14. The zero-order valence-electron chi connectivity index (χ0n) is 6.34. The molecule has 0 saturated heterocycles. The van der Waals surface area contributed by atoms with Gasteiger partial charge in [-0.15, -0.1) is 17.5 Å². The van der Waals surface area contributed by atoms with E-state index in [1.165, 1.54) is 0 Å². The van der Waals surface area contributed by atoms with Crippen molar-refractivity contribution in [1.29, 1.82) is 0 Å². The van der Waals surface area contributed by atoms with E-state index in [4.69, 9.17) is 5.11 Å². The average Bonchev–Trinajstić information content (AvgIpc) is 2.40. The molecule has 5 heteroatoms. The number of nitrogens with zero attached hydrogens (tertiary/aromatic N) is 3. The van der Waals surface area contributed by atoms with E-state index in [9.17, 15) is 0 Å². The summed E-state index contributed by atoms with van der Waals surface area (Å²) in [5.41, 5.74) is 0. The fourth-order valence-corrected chi connectivity index (χ4v) is 0.675. The minimum atomic E-state index is -0.304. The molecule has 1 aromatic rings. The van der Waals surface area contributed by atoms with Crippen LogP contribution >= 0.6 is 12.4 Å². The standard InChI is InChI=1S/C6H11N3O.ClH/c1-2-6(10)5-9-4-3-7-8-9;/h3-4,6,10H,2,5H2,1H3;1H. The Morgan fingerprint density at radius 1 is 1.64 bits per heavy atom. The van der Waals surface area contributed by atoms with Crippen molar-refractivity contribution in [2.45, 2.75) is 26.0 Å². The van der Waals surface area contributed by atoms with Gasteiger partial charge in [0.2, 0.25) is 0 Å². The number of aromatic nitrogens is 3. The Hall–Kier alpha value is -0.610. The number of rotatable bonds is 3. The Kier molecular flexibility index (Phi) is 4.81. The molecule has 0 aliphatic heterocycles. The number of hydrogen-bond acceptors (Lipinski definition) is 3. The lowest BCUT2D eigenvalue weighted by Gasteiger charge is -2.05. The number of halogens is 1. The molecule has 0 spiro atoms. The van der Waals surface area contributed by atoms with Gasteiger partial charge < -0.3 is 5.11 Å². The van der Waals surface area contributed by atoms with E-state index in [2.05, 4.69) is 10.3 Å². The molecule has 1 heterocycles. The maximum Gasteiger partial charge on any atom is 0.0734 e. The van der Waals surface area contributed by atoms with Gasteiger partial charge in [-0.05, 0) is 6.42 Å². The van der Waals surface area contributed by atoms with E-state index in [0.29, 0.717) is 6.54 Å². The third-order valence-electron chi connectivity index (χ3n) is 1.34. The predicted octanol–water partition coefficient (Wildman–Crippen LogP) is 0.471. The minimum absolute atomic E-state index is 0. The van der Waals surface area contributed by atoms with Gasteiger partial charge in [-0.25, -0.2) is 4.68 Å². The summed E-state index contributed by atoms with van der Waals surface area (Å²) < 4.78 is 1.62. The van der Waals surface area contributed by atoms with E-state index in [1.807, 2.05) is 6.92 Å². The number of aliphatic hydroxyl groups is 1. The van der Waals surface area contributed by atoms with Gasteiger partial charge in [-0.1, -0.05) is 12.1 Å². The Morgan fingerprint density at radius 2 is 2.36 bits per heavy atom. The summed E-state index contributed by atoms with van der Waals surface area (Å²) in [6.07, 6.45) is 3.78. The first-order chi connectivity index (χ1) is 4.83. The van der Waals surface area contributed by atoms with Crippen LogP contribution in [-0.4, -0.2) is 26.2 Å². The van der Waals surface area contributed by atoms with E-state index in [1.54, 1.807) is 17.1 Å². The Bertz CT molecular complexity index is 178. The molecule has 0 fully saturated rings. The normalized spacial score (nSPS) is 12.2. The third-order valence-corrected chi connectivity index (χ3v) is 1.34. The van der Waals surface area contributed by atoms with E-state index < -0.39 is 0 Å². The quantitative estimate of drug-likeness (QED) is 0.731. The van der Waals surface area contributed by atoms with E-state index in [-0.39, 0.29) is 18.5 Å². The predicted molar refractivity (Wildman–Crippen MR) is 43.6 cm³/mol. The van der Waals surface area contributed by atoms with Crippen molar-refractivity contribution in [2.75, 3.05) is 0 Å². The van der Waals surface area contributed by atoms with Crippen LogP contribution in [0.5, 0.6) is 0 Å². The van der Waals surface area contributed by atoms with Gasteiger partial charge in [0.15, 0.2) is 0 Å². The van der Waals surface area contributed by atoms with Crippen LogP contribution in [0.25, 0.3) is 0 Å². The summed E-state index contributed by atoms with van der Waals surface area (Å²) in [5.74, 6) is 0. The van der Waals surface area contributed by atoms with Gasteiger partial charge in [0.25, 0.3) is 0 Å². The first-order valence-corrected chi connectivity index (χ1v) is 3.35. The SMILES string of the molecule is CCC(O)Cn1ccnn1.Cl. The van der Waals surface area contributed by atoms with Gasteiger partial charge in [-0.3, -0.25) is 0 Å². The van der Waals surface area contributed by atoms with Crippen molar-refractivity contribution in [3.05, 3.63) is 12.4 Å². The van der Waals surface area contributed by atoms with Gasteiger partial charge in [0, 0.05) is 6.20 Å². The highest BCUT2D eigenvalue weighted by atomic mass is 35.5. The molecule has 0 bridgehead atoms. The second kappa shape index (κ2) is 5.09. The van der Waals surface area contributed by atoms with Crippen LogP contribution in [0.1, 0.15) is 13.3 Å². The lowest BCUT2D eigenvalue weighted by molar-refractivity contribution is 0.144. The maximum atomic E-state index is 9.14. The molecular weight excluding hydrogens is 166 g/mol. The molecule has 1 rings (SSSR count). The zero-order chi connectivity index (χ0) is 7.40. The van der Waals surface area contributed by atoms with Crippen LogP contribution in [0, 0.1) is 0 Å². The monoisotopic (exact) mass is 177 g/mol. The number of aliphatic hydroxyl groups excluding tert-OH is 1. The van der Waals surface area contributed by atoms with Crippen LogP contribution in [0.15, 0.2) is 12.4 Å². The molecule has 11 heavy (non-hydrogen) atoms. The molecule has 64 valence electrons. The molecule has 0 amide bonds. The average molecular weight is 178 g/mol. The first kappa shape index (κ1) is 10.4. The summed E-state index contributed by atoms with van der Waals surface area (Å²) >= 11 is 0. The fourth-order valence-electron chi connectivity index (χ4n) is 0.675. The molecule has 4 nitrogen and oxygen atoms in total. The second-order valence-corrected chi connectivity index (χ2v) is 2.19. The van der Waals surface area contributed by atoms with Crippen LogP contribution < -0.4 is 0 Å². The molecule has 0 aliphatic carbocycles. The molecule has 1 atom stereocenters. The lowest BCUT2D eigenvalue weighted by atomic mass is 10.3. The Morgan fingerprint density at radius 3 is 2.82 bits per heavy atom. The Balaban J connectivity index is 0.000001000. The highest BCUT2D eigenvalue weighted by molar-refractivity contribution is 5.85. The molecule has 0 aliphatic rings. The first-order valence-electron chi connectivity index (χ1n) is 3.35. The van der Waals surface area contributed by atoms with Gasteiger partial charge in [0.05, 0.1) is 18.8 Å². The van der Waals surface area contributed by atoms with Crippen LogP contribution in [0.3, 0.4) is 0 Å². The highest BCUT2D eigenvalue weighted by Crippen LogP contribution is 1.92. The molecule has 1 aromatic heterocycles. The maximum absolute atomic E-state index is 9.14. The molecule has 1 unspecified atom stereocenters. The summed E-state index contributed by atoms with van der Waals surface area (Å²) in [5, 5.41) is 16.5. The van der Waals surface area contributed by atoms with Crippen LogP contribution in [0.2, 0.25) is 0 Å². The molecule has 1 N–H and O–H groups in total. The summed E-state index contributed by atoms with van der Waals surface area (Å²) in [6.45, 7) is 2.47. The van der Waals surface area contributed by atoms with Crippen LogP contribution in [-0.2, 0) is 6.54 Å². The summed E-state index contributed by atoms with van der Waals surface area (Å²) in [7, 11) is 0. The number of hydrogen-bond donors (Lipinski definition) is 1. The highest BCUT2D eigenvalue weighted by Gasteiger charge is 2.00. The van der Waals surface area contributed by atoms with Crippen molar-refractivity contribution < 1.29 is 5.11 Å². The van der Waals surface area contributed by atoms with Crippen molar-refractivity contribution in [1.82, 2.24) is 15.0 Å². The Labute approximate surface area is 71.6 Å².